The van der Waals surface area contributed by atoms with Crippen molar-refractivity contribution in [3.63, 3.8) is 0 Å². The molecule has 0 saturated heterocycles. The number of aliphatic hydroxyl groups excluding tert-OH is 1. The first-order valence-corrected chi connectivity index (χ1v) is 1.64. The molecule has 0 amide bonds. The summed E-state index contributed by atoms with van der Waals surface area (Å²) < 4.78 is 4.34. The van der Waals surface area contributed by atoms with E-state index < -0.39 is 6.29 Å². The third-order valence-corrected chi connectivity index (χ3v) is 0.443. The molecule has 0 radical (unpaired) electrons. The highest BCUT2D eigenvalue weighted by atomic mass is 16.6. The van der Waals surface area contributed by atoms with Gasteiger partial charge in [0, 0.05) is 7.11 Å². The topological polar surface area (TPSA) is 29.5 Å². The zero-order chi connectivity index (χ0) is 4.99. The molecule has 0 aromatic rings. The molecule has 2 nitrogen and oxygen atoms in total. The zero-order valence-corrected chi connectivity index (χ0v) is 3.72. The summed E-state index contributed by atoms with van der Waals surface area (Å²) in [5.74, 6) is 0. The summed E-state index contributed by atoms with van der Waals surface area (Å²) in [6.07, 6.45) is 0.505. The lowest BCUT2D eigenvalue weighted by Crippen LogP contribution is -2.02. The maximum atomic E-state index is 8.33. The Balaban J connectivity index is 2.96. The van der Waals surface area contributed by atoms with Crippen LogP contribution < -0.4 is 0 Å². The van der Waals surface area contributed by atoms with Crippen molar-refractivity contribution in [3.05, 3.63) is 12.7 Å². The Morgan fingerprint density at radius 2 is 2.50 bits per heavy atom. The summed E-state index contributed by atoms with van der Waals surface area (Å²) in [5, 5.41) is 8.33. The lowest BCUT2D eigenvalue weighted by molar-refractivity contribution is -0.0353. The standard InChI is InChI=1S/C4H8O2/c1-3-4(5)6-2/h3-5H,1H2,2H3. The predicted octanol–water partition coefficient (Wildman–Crippen LogP) is 0.137. The molecule has 0 fully saturated rings. The Bertz CT molecular complexity index is 42.8. The Hall–Kier alpha value is -0.340. The van der Waals surface area contributed by atoms with Crippen LogP contribution in [-0.2, 0) is 4.74 Å². The minimum Gasteiger partial charge on any atom is -0.365 e. The first-order chi connectivity index (χ1) is 2.81. The second-order valence-electron chi connectivity index (χ2n) is 0.862. The summed E-state index contributed by atoms with van der Waals surface area (Å²) in [4.78, 5) is 0. The fourth-order valence-electron chi connectivity index (χ4n) is 0.0962. The molecular weight excluding hydrogens is 80.0 g/mol. The molecule has 2 heteroatoms. The van der Waals surface area contributed by atoms with Gasteiger partial charge in [-0.2, -0.15) is 0 Å². The SMILES string of the molecule is C=CC(O)OC. The third-order valence-electron chi connectivity index (χ3n) is 0.443. The molecule has 0 saturated carbocycles. The highest BCUT2D eigenvalue weighted by molar-refractivity contribution is 4.68. The van der Waals surface area contributed by atoms with E-state index in [1.54, 1.807) is 0 Å². The van der Waals surface area contributed by atoms with Gasteiger partial charge in [-0.05, 0) is 6.08 Å². The summed E-state index contributed by atoms with van der Waals surface area (Å²) in [6.45, 7) is 3.26. The summed E-state index contributed by atoms with van der Waals surface area (Å²) in [7, 11) is 1.41. The fourth-order valence-corrected chi connectivity index (χ4v) is 0.0962. The van der Waals surface area contributed by atoms with Gasteiger partial charge in [0.05, 0.1) is 0 Å². The predicted molar refractivity (Wildman–Crippen MR) is 23.2 cm³/mol. The second-order valence-corrected chi connectivity index (χ2v) is 0.862. The molecule has 0 rings (SSSR count). The van der Waals surface area contributed by atoms with Gasteiger partial charge >= 0.3 is 0 Å². The van der Waals surface area contributed by atoms with Gasteiger partial charge in [-0.15, -0.1) is 0 Å². The molecule has 6 heavy (non-hydrogen) atoms. The van der Waals surface area contributed by atoms with Gasteiger partial charge in [-0.25, -0.2) is 0 Å². The quantitative estimate of drug-likeness (QED) is 0.384. The monoisotopic (exact) mass is 88.1 g/mol. The lowest BCUT2D eigenvalue weighted by atomic mass is 10.6. The van der Waals surface area contributed by atoms with Crippen LogP contribution in [-0.4, -0.2) is 18.5 Å². The minimum absolute atomic E-state index is 0.801. The van der Waals surface area contributed by atoms with Crippen LogP contribution in [0.15, 0.2) is 12.7 Å². The summed E-state index contributed by atoms with van der Waals surface area (Å²) >= 11 is 0. The van der Waals surface area contributed by atoms with Crippen molar-refractivity contribution in [2.45, 2.75) is 6.29 Å². The highest BCUT2D eigenvalue weighted by Crippen LogP contribution is 1.78. The largest absolute Gasteiger partial charge is 0.365 e. The molecular formula is C4H8O2. The van der Waals surface area contributed by atoms with E-state index in [0.717, 1.165) is 0 Å². The van der Waals surface area contributed by atoms with Crippen LogP contribution in [0.4, 0.5) is 0 Å². The van der Waals surface area contributed by atoms with Gasteiger partial charge in [0.15, 0.2) is 6.29 Å². The van der Waals surface area contributed by atoms with Crippen molar-refractivity contribution in [1.82, 2.24) is 0 Å². The molecule has 1 atom stereocenters. The van der Waals surface area contributed by atoms with Crippen molar-refractivity contribution in [1.29, 1.82) is 0 Å². The average molecular weight is 88.1 g/mol. The molecule has 36 valence electrons. The number of hydrogen-bond acceptors (Lipinski definition) is 2. The van der Waals surface area contributed by atoms with E-state index >= 15 is 0 Å². The zero-order valence-electron chi connectivity index (χ0n) is 3.72. The van der Waals surface area contributed by atoms with Gasteiger partial charge in [0.2, 0.25) is 0 Å². The van der Waals surface area contributed by atoms with Crippen LogP contribution >= 0.6 is 0 Å². The number of methoxy groups -OCH3 is 1. The van der Waals surface area contributed by atoms with Crippen LogP contribution in [0.1, 0.15) is 0 Å². The van der Waals surface area contributed by atoms with E-state index in [9.17, 15) is 0 Å². The van der Waals surface area contributed by atoms with Gasteiger partial charge in [0.1, 0.15) is 0 Å². The van der Waals surface area contributed by atoms with Crippen LogP contribution in [0.3, 0.4) is 0 Å². The number of rotatable bonds is 2. The number of hydrogen-bond donors (Lipinski definition) is 1. The molecule has 0 aromatic carbocycles. The molecule has 0 aliphatic heterocycles. The van der Waals surface area contributed by atoms with Crippen LogP contribution in [0.5, 0.6) is 0 Å². The molecule has 1 N–H and O–H groups in total. The van der Waals surface area contributed by atoms with Gasteiger partial charge in [-0.3, -0.25) is 0 Å². The lowest BCUT2D eigenvalue weighted by Gasteiger charge is -1.96. The van der Waals surface area contributed by atoms with Crippen molar-refractivity contribution < 1.29 is 9.84 Å². The van der Waals surface area contributed by atoms with Crippen LogP contribution in [0, 0.1) is 0 Å². The van der Waals surface area contributed by atoms with Crippen molar-refractivity contribution >= 4 is 0 Å². The Labute approximate surface area is 37.1 Å². The first kappa shape index (κ1) is 5.66. The van der Waals surface area contributed by atoms with Crippen molar-refractivity contribution in [2.24, 2.45) is 0 Å². The van der Waals surface area contributed by atoms with E-state index in [1.165, 1.54) is 13.2 Å². The van der Waals surface area contributed by atoms with Gasteiger partial charge in [-0.1, -0.05) is 6.58 Å². The Morgan fingerprint density at radius 1 is 2.00 bits per heavy atom. The van der Waals surface area contributed by atoms with Gasteiger partial charge < -0.3 is 9.84 Å². The van der Waals surface area contributed by atoms with E-state index in [4.69, 9.17) is 5.11 Å². The highest BCUT2D eigenvalue weighted by Gasteiger charge is 1.85. The summed E-state index contributed by atoms with van der Waals surface area (Å²) in [6, 6.07) is 0. The van der Waals surface area contributed by atoms with E-state index in [-0.39, 0.29) is 0 Å². The Kier molecular flexibility index (Phi) is 2.71. The van der Waals surface area contributed by atoms with Crippen LogP contribution in [0.2, 0.25) is 0 Å². The van der Waals surface area contributed by atoms with Crippen molar-refractivity contribution in [3.8, 4) is 0 Å². The van der Waals surface area contributed by atoms with E-state index in [0.29, 0.717) is 0 Å². The Morgan fingerprint density at radius 3 is 2.50 bits per heavy atom. The first-order valence-electron chi connectivity index (χ1n) is 1.64. The molecule has 0 bridgehead atoms. The second kappa shape index (κ2) is 2.87. The number of ether oxygens (including phenoxy) is 1. The molecule has 1 unspecified atom stereocenters. The molecule has 0 aromatic heterocycles. The smallest absolute Gasteiger partial charge is 0.173 e. The molecule has 0 aliphatic carbocycles. The maximum absolute atomic E-state index is 8.33. The van der Waals surface area contributed by atoms with E-state index in [2.05, 4.69) is 11.3 Å². The van der Waals surface area contributed by atoms with Crippen molar-refractivity contribution in [2.75, 3.05) is 7.11 Å². The molecule has 0 heterocycles. The normalized spacial score (nSPS) is 13.7. The number of aliphatic hydroxyl groups is 1. The fraction of sp³-hybridized carbons (Fsp3) is 0.500. The van der Waals surface area contributed by atoms with E-state index in [1.807, 2.05) is 0 Å². The molecule has 0 aliphatic rings. The van der Waals surface area contributed by atoms with Gasteiger partial charge in [0.25, 0.3) is 0 Å². The minimum atomic E-state index is -0.801. The summed E-state index contributed by atoms with van der Waals surface area (Å²) in [5.41, 5.74) is 0. The third kappa shape index (κ3) is 1.93. The average Bonchev–Trinajstić information content (AvgIpc) is 1.65. The van der Waals surface area contributed by atoms with Crippen LogP contribution in [0.25, 0.3) is 0 Å². The molecule has 0 spiro atoms. The maximum Gasteiger partial charge on any atom is 0.173 e.